The van der Waals surface area contributed by atoms with Gasteiger partial charge in [-0.3, -0.25) is 4.79 Å². The van der Waals surface area contributed by atoms with Crippen molar-refractivity contribution in [1.29, 1.82) is 0 Å². The van der Waals surface area contributed by atoms with Crippen molar-refractivity contribution in [2.24, 2.45) is 0 Å². The van der Waals surface area contributed by atoms with E-state index in [1.165, 1.54) is 6.07 Å². The molecule has 3 aromatic rings. The van der Waals surface area contributed by atoms with Crippen LogP contribution in [0.5, 0.6) is 0 Å². The monoisotopic (exact) mass is 418 g/mol. The molecule has 0 saturated heterocycles. The topological polar surface area (TPSA) is 101 Å². The molecule has 0 saturated carbocycles. The summed E-state index contributed by atoms with van der Waals surface area (Å²) in [6, 6.07) is 13.1. The van der Waals surface area contributed by atoms with Crippen LogP contribution in [0.4, 0.5) is 0 Å². The highest BCUT2D eigenvalue weighted by Gasteiger charge is 2.29. The minimum atomic E-state index is -3.98. The second kappa shape index (κ2) is 7.94. The van der Waals surface area contributed by atoms with E-state index in [1.54, 1.807) is 12.1 Å². The third kappa shape index (κ3) is 4.92. The molecular formula is C19H22N4O3S2. The molecule has 1 aromatic heterocycles. The zero-order chi connectivity index (χ0) is 20.4. The largest absolute Gasteiger partial charge is 0.350 e. The second-order valence-corrected chi connectivity index (χ2v) is 9.70. The summed E-state index contributed by atoms with van der Waals surface area (Å²) >= 11 is 0.947. The van der Waals surface area contributed by atoms with E-state index in [0.29, 0.717) is 11.0 Å². The molecule has 3 rings (SSSR count). The molecular weight excluding hydrogens is 396 g/mol. The average molecular weight is 419 g/mol. The highest BCUT2D eigenvalue weighted by Crippen LogP contribution is 2.21. The smallest absolute Gasteiger partial charge is 0.243 e. The molecule has 148 valence electrons. The van der Waals surface area contributed by atoms with Crippen molar-refractivity contribution in [2.75, 3.05) is 0 Å². The van der Waals surface area contributed by atoms with E-state index in [9.17, 15) is 13.2 Å². The van der Waals surface area contributed by atoms with Crippen LogP contribution >= 0.6 is 11.7 Å². The molecule has 0 bridgehead atoms. The van der Waals surface area contributed by atoms with Gasteiger partial charge in [0, 0.05) is 5.54 Å². The molecule has 0 unspecified atom stereocenters. The number of fused-ring (bicyclic) bond motifs is 1. The van der Waals surface area contributed by atoms with E-state index < -0.39 is 21.6 Å². The van der Waals surface area contributed by atoms with E-state index in [-0.39, 0.29) is 17.2 Å². The third-order valence-corrected chi connectivity index (χ3v) is 5.98. The van der Waals surface area contributed by atoms with E-state index in [4.69, 9.17) is 0 Å². The average Bonchev–Trinajstić information content (AvgIpc) is 3.09. The van der Waals surface area contributed by atoms with Gasteiger partial charge < -0.3 is 5.32 Å². The highest BCUT2D eigenvalue weighted by atomic mass is 32.2. The van der Waals surface area contributed by atoms with Crippen molar-refractivity contribution >= 4 is 38.7 Å². The summed E-state index contributed by atoms with van der Waals surface area (Å²) in [6.07, 6.45) is 0.229. The highest BCUT2D eigenvalue weighted by molar-refractivity contribution is 7.89. The number of rotatable bonds is 6. The minimum Gasteiger partial charge on any atom is -0.350 e. The summed E-state index contributed by atoms with van der Waals surface area (Å²) in [6.45, 7) is 5.54. The quantitative estimate of drug-likeness (QED) is 0.640. The summed E-state index contributed by atoms with van der Waals surface area (Å²) in [5.41, 5.74) is 1.17. The number of nitrogens with zero attached hydrogens (tertiary/aromatic N) is 2. The molecule has 2 aromatic carbocycles. The fourth-order valence-electron chi connectivity index (χ4n) is 2.74. The van der Waals surface area contributed by atoms with Crippen LogP contribution < -0.4 is 10.0 Å². The number of aromatic nitrogens is 2. The standard InChI is InChI=1S/C19H22N4O3S2/c1-19(2,3)20-18(24)15(12-13-8-5-4-6-9-13)23-28(25,26)16-11-7-10-14-17(16)22-27-21-14/h4-11,15,23H,12H2,1-3H3,(H,20,24)/t15-/m0/s1. The predicted octanol–water partition coefficient (Wildman–Crippen LogP) is 2.50. The Morgan fingerprint density at radius 3 is 2.46 bits per heavy atom. The van der Waals surface area contributed by atoms with Crippen LogP contribution in [0.25, 0.3) is 11.0 Å². The first-order valence-corrected chi connectivity index (χ1v) is 11.0. The van der Waals surface area contributed by atoms with Crippen LogP contribution in [-0.4, -0.2) is 34.7 Å². The van der Waals surface area contributed by atoms with Crippen LogP contribution in [0.3, 0.4) is 0 Å². The van der Waals surface area contributed by atoms with E-state index >= 15 is 0 Å². The Morgan fingerprint density at radius 1 is 1.07 bits per heavy atom. The van der Waals surface area contributed by atoms with Gasteiger partial charge in [0.05, 0.1) is 11.7 Å². The fraction of sp³-hybridized carbons (Fsp3) is 0.316. The maximum Gasteiger partial charge on any atom is 0.243 e. The fourth-order valence-corrected chi connectivity index (χ4v) is 4.71. The number of hydrogen-bond acceptors (Lipinski definition) is 6. The lowest BCUT2D eigenvalue weighted by molar-refractivity contribution is -0.124. The van der Waals surface area contributed by atoms with Crippen molar-refractivity contribution < 1.29 is 13.2 Å². The zero-order valence-electron chi connectivity index (χ0n) is 15.8. The Bertz CT molecular complexity index is 1070. The third-order valence-electron chi connectivity index (χ3n) is 3.93. The molecule has 0 spiro atoms. The first-order valence-electron chi connectivity index (χ1n) is 8.75. The lowest BCUT2D eigenvalue weighted by Crippen LogP contribution is -2.53. The van der Waals surface area contributed by atoms with Gasteiger partial charge in [-0.15, -0.1) is 0 Å². The predicted molar refractivity (Wildman–Crippen MR) is 110 cm³/mol. The van der Waals surface area contributed by atoms with E-state index in [2.05, 4.69) is 18.8 Å². The Kier molecular flexibility index (Phi) is 5.78. The SMILES string of the molecule is CC(C)(C)NC(=O)[C@H](Cc1ccccc1)NS(=O)(=O)c1cccc2nsnc12. The van der Waals surface area contributed by atoms with Gasteiger partial charge in [-0.25, -0.2) is 8.42 Å². The molecule has 2 N–H and O–H groups in total. The first-order chi connectivity index (χ1) is 13.2. The van der Waals surface area contributed by atoms with Crippen molar-refractivity contribution in [3.05, 3.63) is 54.1 Å². The number of carbonyl (C=O) groups excluding carboxylic acids is 1. The lowest BCUT2D eigenvalue weighted by Gasteiger charge is -2.25. The van der Waals surface area contributed by atoms with Crippen LogP contribution in [0, 0.1) is 0 Å². The minimum absolute atomic E-state index is 0.0142. The van der Waals surface area contributed by atoms with Crippen LogP contribution in [0.15, 0.2) is 53.4 Å². The maximum atomic E-state index is 13.1. The summed E-state index contributed by atoms with van der Waals surface area (Å²) in [7, 11) is -3.98. The van der Waals surface area contributed by atoms with Gasteiger partial charge >= 0.3 is 0 Å². The Hall–Kier alpha value is -2.36. The molecule has 1 amide bonds. The molecule has 0 aliphatic heterocycles. The summed E-state index contributed by atoms with van der Waals surface area (Å²) < 4.78 is 36.9. The van der Waals surface area contributed by atoms with Gasteiger partial charge in [-0.05, 0) is 44.9 Å². The van der Waals surface area contributed by atoms with Crippen molar-refractivity contribution in [2.45, 2.75) is 43.7 Å². The van der Waals surface area contributed by atoms with Crippen molar-refractivity contribution in [1.82, 2.24) is 18.8 Å². The zero-order valence-corrected chi connectivity index (χ0v) is 17.5. The molecule has 28 heavy (non-hydrogen) atoms. The number of nitrogens with one attached hydrogen (secondary N) is 2. The molecule has 9 heteroatoms. The normalized spacial score (nSPS) is 13.4. The molecule has 0 aliphatic carbocycles. The molecule has 0 radical (unpaired) electrons. The van der Waals surface area contributed by atoms with E-state index in [1.807, 2.05) is 51.1 Å². The van der Waals surface area contributed by atoms with Gasteiger partial charge in [0.2, 0.25) is 15.9 Å². The van der Waals surface area contributed by atoms with E-state index in [0.717, 1.165) is 17.3 Å². The van der Waals surface area contributed by atoms with Crippen LogP contribution in [-0.2, 0) is 21.2 Å². The first kappa shape index (κ1) is 20.4. The molecule has 1 heterocycles. The Morgan fingerprint density at radius 2 is 1.79 bits per heavy atom. The van der Waals surface area contributed by atoms with Crippen molar-refractivity contribution in [3.63, 3.8) is 0 Å². The number of amides is 1. The second-order valence-electron chi connectivity index (χ2n) is 7.49. The summed E-state index contributed by atoms with van der Waals surface area (Å²) in [4.78, 5) is 12.8. The Labute approximate surface area is 168 Å². The van der Waals surface area contributed by atoms with Crippen LogP contribution in [0.1, 0.15) is 26.3 Å². The van der Waals surface area contributed by atoms with Gasteiger partial charge in [-0.1, -0.05) is 36.4 Å². The van der Waals surface area contributed by atoms with Gasteiger partial charge in [0.25, 0.3) is 0 Å². The number of hydrogen-bond donors (Lipinski definition) is 2. The van der Waals surface area contributed by atoms with Gasteiger partial charge in [0.15, 0.2) is 0 Å². The molecule has 0 fully saturated rings. The van der Waals surface area contributed by atoms with Gasteiger partial charge in [-0.2, -0.15) is 13.5 Å². The number of sulfonamides is 1. The maximum absolute atomic E-state index is 13.1. The number of carbonyl (C=O) groups is 1. The van der Waals surface area contributed by atoms with Crippen LogP contribution in [0.2, 0.25) is 0 Å². The molecule has 0 aliphatic rings. The molecule has 1 atom stereocenters. The lowest BCUT2D eigenvalue weighted by atomic mass is 10.0. The molecule has 7 nitrogen and oxygen atoms in total. The van der Waals surface area contributed by atoms with Gasteiger partial charge in [0.1, 0.15) is 22.0 Å². The van der Waals surface area contributed by atoms with Crippen molar-refractivity contribution in [3.8, 4) is 0 Å². The summed E-state index contributed by atoms with van der Waals surface area (Å²) in [5, 5.41) is 2.85. The summed E-state index contributed by atoms with van der Waals surface area (Å²) in [5.74, 6) is -0.386. The Balaban J connectivity index is 1.93. The number of benzene rings is 2.